The third-order valence-corrected chi connectivity index (χ3v) is 22.8. The van der Waals surface area contributed by atoms with Gasteiger partial charge in [-0.3, -0.25) is 9.59 Å². The summed E-state index contributed by atoms with van der Waals surface area (Å²) in [7, 11) is 1.06. The van der Waals surface area contributed by atoms with Crippen molar-refractivity contribution in [1.29, 1.82) is 0 Å². The minimum atomic E-state index is -2.00. The molecule has 10 N–H and O–H groups in total. The van der Waals surface area contributed by atoms with E-state index >= 15 is 0 Å². The van der Waals surface area contributed by atoms with E-state index in [0.717, 1.165) is 37.2 Å². The van der Waals surface area contributed by atoms with Crippen molar-refractivity contribution in [1.82, 2.24) is 0 Å². The van der Waals surface area contributed by atoms with E-state index < -0.39 is 205 Å². The number of carbonyl (C=O) groups is 4. The molecule has 0 spiro atoms. The second-order valence-electron chi connectivity index (χ2n) is 29.1. The van der Waals surface area contributed by atoms with Gasteiger partial charge in [0.25, 0.3) is 0 Å². The molecule has 0 radical (unpaired) electrons. The van der Waals surface area contributed by atoms with Crippen molar-refractivity contribution in [2.24, 2.45) is 56.2 Å². The van der Waals surface area contributed by atoms with Crippen LogP contribution < -0.4 is 0 Å². The first kappa shape index (κ1) is 71.3. The molecule has 5 aliphatic carbocycles. The number of ether oxygens (including phenoxy) is 10. The van der Waals surface area contributed by atoms with Crippen LogP contribution in [0.5, 0.6) is 0 Å². The minimum Gasteiger partial charge on any atom is -0.467 e. The van der Waals surface area contributed by atoms with Crippen LogP contribution in [0, 0.1) is 56.2 Å². The molecule has 0 aromatic rings. The van der Waals surface area contributed by atoms with Crippen molar-refractivity contribution in [3.8, 4) is 0 Å². The summed E-state index contributed by atoms with van der Waals surface area (Å²) in [5.74, 6) is -4.80. The smallest absolute Gasteiger partial charge is 0.338 e. The molecule has 24 heteroatoms. The highest BCUT2D eigenvalue weighted by molar-refractivity contribution is 5.83. The summed E-state index contributed by atoms with van der Waals surface area (Å²) < 4.78 is 61.4. The monoisotopic (exact) mass is 1270 g/mol. The summed E-state index contributed by atoms with van der Waals surface area (Å²) in [6.45, 7) is 22.8. The number of carbonyl (C=O) groups excluding carboxylic acids is 4. The van der Waals surface area contributed by atoms with E-state index in [1.165, 1.54) is 6.08 Å². The van der Waals surface area contributed by atoms with E-state index in [1.807, 2.05) is 62.3 Å². The van der Waals surface area contributed by atoms with E-state index in [-0.39, 0.29) is 11.8 Å². The molecule has 0 aromatic carbocycles. The lowest BCUT2D eigenvalue weighted by Gasteiger charge is -2.73. The first-order valence-corrected chi connectivity index (χ1v) is 31.8. The van der Waals surface area contributed by atoms with Crippen LogP contribution in [-0.2, 0) is 66.5 Å². The number of aliphatic hydroxyl groups excluding tert-OH is 10. The third kappa shape index (κ3) is 12.6. The van der Waals surface area contributed by atoms with Gasteiger partial charge in [0.2, 0.25) is 0 Å². The Hall–Kier alpha value is -3.54. The maximum atomic E-state index is 14.1. The van der Waals surface area contributed by atoms with Crippen LogP contribution in [0.3, 0.4) is 0 Å². The fourth-order valence-corrected chi connectivity index (χ4v) is 17.3. The maximum absolute atomic E-state index is 14.1. The average Bonchev–Trinajstić information content (AvgIpc) is 0.665. The summed E-state index contributed by atoms with van der Waals surface area (Å²) in [6, 6.07) is 0. The summed E-state index contributed by atoms with van der Waals surface area (Å²) >= 11 is 0. The highest BCUT2D eigenvalue weighted by Gasteiger charge is 2.76. The normalized spacial score (nSPS) is 45.4. The second-order valence-corrected chi connectivity index (χ2v) is 29.1. The SMILES string of the molecule is CCC(C)C(=O)O[C@H]1[C@H](OC(=O)/C=C(/C)CCC=C(C)C)C(C)(C)C[C@H]2C3=CC[C@@H]4[C@@]5(C)CC[C@H](O[C@@H]6O[C@H](C(=O)OC)[C@@H](O[C@@H]7OC[C@H](O)[C@H](O)[C@H]7O)[C@H](OC(C)=O)[C@H]6O[C@@H]6O[C@H](CO)[C@@H](O)[C@H](O)[C@H]6O)C(C)(C)[C@@H]5CC[C@@]4(C)[C@]3(C)[C@@H](O)[C@@H](O)[C@]21CO. The maximum Gasteiger partial charge on any atom is 0.338 e. The molecule has 0 amide bonds. The van der Waals surface area contributed by atoms with E-state index in [0.29, 0.717) is 51.4 Å². The van der Waals surface area contributed by atoms with Gasteiger partial charge in [-0.2, -0.15) is 0 Å². The molecular weight excluding hydrogens is 1160 g/mol. The molecule has 7 fully saturated rings. The van der Waals surface area contributed by atoms with Crippen LogP contribution in [0.4, 0.5) is 0 Å². The molecule has 0 bridgehead atoms. The van der Waals surface area contributed by atoms with E-state index in [1.54, 1.807) is 6.92 Å². The van der Waals surface area contributed by atoms with Crippen LogP contribution in [0.2, 0.25) is 0 Å². The first-order valence-electron chi connectivity index (χ1n) is 31.8. The van der Waals surface area contributed by atoms with Gasteiger partial charge in [0, 0.05) is 23.8 Å². The largest absolute Gasteiger partial charge is 0.467 e. The summed E-state index contributed by atoms with van der Waals surface area (Å²) in [6.07, 6.45) is -21.3. The zero-order chi connectivity index (χ0) is 66.0. The van der Waals surface area contributed by atoms with Gasteiger partial charge >= 0.3 is 23.9 Å². The fraction of sp³-hybridized carbons (Fsp3) is 0.846. The summed E-state index contributed by atoms with van der Waals surface area (Å²) in [4.78, 5) is 55.3. The number of aliphatic hydroxyl groups is 10. The Kier molecular flexibility index (Phi) is 21.7. The van der Waals surface area contributed by atoms with Crippen LogP contribution >= 0.6 is 0 Å². The predicted molar refractivity (Wildman–Crippen MR) is 314 cm³/mol. The lowest BCUT2D eigenvalue weighted by molar-refractivity contribution is -0.388. The highest BCUT2D eigenvalue weighted by Crippen LogP contribution is 2.76. The number of methoxy groups -OCH3 is 1. The Balaban J connectivity index is 1.14. The van der Waals surface area contributed by atoms with Crippen molar-refractivity contribution >= 4 is 23.9 Å². The lowest BCUT2D eigenvalue weighted by atomic mass is 9.32. The van der Waals surface area contributed by atoms with Gasteiger partial charge in [-0.05, 0) is 113 Å². The van der Waals surface area contributed by atoms with Gasteiger partial charge in [-0.15, -0.1) is 0 Å². The van der Waals surface area contributed by atoms with Crippen LogP contribution in [0.25, 0.3) is 0 Å². The molecule has 8 aliphatic rings. The van der Waals surface area contributed by atoms with E-state index in [2.05, 4.69) is 26.0 Å². The molecule has 27 atom stereocenters. The van der Waals surface area contributed by atoms with Crippen molar-refractivity contribution in [3.05, 3.63) is 34.9 Å². The van der Waals surface area contributed by atoms with Crippen molar-refractivity contribution in [3.63, 3.8) is 0 Å². The molecule has 89 heavy (non-hydrogen) atoms. The molecule has 506 valence electrons. The third-order valence-electron chi connectivity index (χ3n) is 22.8. The Bertz CT molecular complexity index is 2630. The average molecular weight is 1270 g/mol. The number of rotatable bonds is 18. The molecule has 8 rings (SSSR count). The number of esters is 4. The number of fused-ring (bicyclic) bond motifs is 7. The number of hydrogen-bond donors (Lipinski definition) is 10. The van der Waals surface area contributed by atoms with Gasteiger partial charge in [-0.25, -0.2) is 9.59 Å². The standard InChI is InChI=1S/C65H102O24/c1-15-32(5)55(78)89-54-53(85-41(70)25-31(4)18-16-17-30(2)3)60(7,8)26-35-34-19-20-39-62(11)23-22-40(61(9,10)38(62)21-24-63(39,12)64(34,13)51(76)52(77)65(35,54)29-67)84-59-50(88-58-46(75)44(73)43(72)37(27-66)83-58)48(82-33(6)68)47(49(87-59)56(79)80-14)86-57-45(74)42(71)36(69)28-81-57/h17,19,25,32,35-40,42-54,57-59,66-67,69,71-77H,15-16,18,20-24,26-29H2,1-14H3/b31-25-/t32?,35-,36-,37+,38-,39+,40-,42-,43+,44-,45+,46+,47-,48-,49-,50+,51-,52+,53-,54-,57-,58-,59+,62-,63+,64-,65-/m0/s1. The van der Waals surface area contributed by atoms with Crippen LogP contribution in [0.1, 0.15) is 148 Å². The van der Waals surface area contributed by atoms with Crippen molar-refractivity contribution in [2.45, 2.75) is 264 Å². The fourth-order valence-electron chi connectivity index (χ4n) is 17.3. The number of allylic oxidation sites excluding steroid dienone is 4. The predicted octanol–water partition coefficient (Wildman–Crippen LogP) is 2.73. The van der Waals surface area contributed by atoms with Crippen LogP contribution in [-0.4, -0.2) is 218 Å². The molecule has 24 nitrogen and oxygen atoms in total. The highest BCUT2D eigenvalue weighted by atomic mass is 16.8. The molecular formula is C65H102O24. The minimum absolute atomic E-state index is 0.150. The lowest BCUT2D eigenvalue weighted by Crippen LogP contribution is -2.76. The molecule has 3 aliphatic heterocycles. The zero-order valence-corrected chi connectivity index (χ0v) is 54.2. The molecule has 4 saturated carbocycles. The Morgan fingerprint density at radius 2 is 1.39 bits per heavy atom. The molecule has 0 aromatic heterocycles. The van der Waals surface area contributed by atoms with Crippen molar-refractivity contribution in [2.75, 3.05) is 26.9 Å². The second kappa shape index (κ2) is 27.1. The topological polar surface area (TPSA) is 363 Å². The molecule has 3 saturated heterocycles. The first-order chi connectivity index (χ1) is 41.6. The van der Waals surface area contributed by atoms with Gasteiger partial charge in [-0.1, -0.05) is 91.2 Å². The van der Waals surface area contributed by atoms with E-state index in [4.69, 9.17) is 47.4 Å². The van der Waals surface area contributed by atoms with E-state index in [9.17, 15) is 70.2 Å². The zero-order valence-electron chi connectivity index (χ0n) is 54.2. The Morgan fingerprint density at radius 3 is 2.01 bits per heavy atom. The Labute approximate surface area is 522 Å². The molecule has 1 unspecified atom stereocenters. The quantitative estimate of drug-likeness (QED) is 0.0310. The van der Waals surface area contributed by atoms with Gasteiger partial charge in [0.1, 0.15) is 54.9 Å². The summed E-state index contributed by atoms with van der Waals surface area (Å²) in [5.41, 5.74) is -3.01. The van der Waals surface area contributed by atoms with Gasteiger partial charge in [0.15, 0.2) is 43.3 Å². The Morgan fingerprint density at radius 1 is 0.730 bits per heavy atom. The summed E-state index contributed by atoms with van der Waals surface area (Å²) in [5, 5.41) is 113. The van der Waals surface area contributed by atoms with Gasteiger partial charge in [0.05, 0.1) is 56.6 Å². The van der Waals surface area contributed by atoms with Gasteiger partial charge < -0.3 is 98.4 Å². The van der Waals surface area contributed by atoms with Crippen molar-refractivity contribution < 1.29 is 118 Å². The molecule has 3 heterocycles. The number of hydrogen-bond acceptors (Lipinski definition) is 24. The van der Waals surface area contributed by atoms with Crippen LogP contribution in [0.15, 0.2) is 34.9 Å².